The summed E-state index contributed by atoms with van der Waals surface area (Å²) >= 11 is 0. The van der Waals surface area contributed by atoms with E-state index in [1.807, 2.05) is 23.1 Å². The van der Waals surface area contributed by atoms with Crippen LogP contribution in [-0.4, -0.2) is 31.6 Å². The summed E-state index contributed by atoms with van der Waals surface area (Å²) in [6.07, 6.45) is 0.818. The molecule has 0 radical (unpaired) electrons. The minimum atomic E-state index is -0.0904. The van der Waals surface area contributed by atoms with Gasteiger partial charge in [0.1, 0.15) is 17.1 Å². The molecule has 1 heterocycles. The van der Waals surface area contributed by atoms with Gasteiger partial charge in [0.15, 0.2) is 0 Å². The Morgan fingerprint density at radius 2 is 1.78 bits per heavy atom. The molecular weight excluding hydrogens is 292 g/mol. The molecule has 0 saturated heterocycles. The molecule has 0 bridgehead atoms. The molecule has 2 N–H and O–H groups in total. The van der Waals surface area contributed by atoms with Crippen molar-refractivity contribution in [3.05, 3.63) is 53.1 Å². The number of amides is 1. The van der Waals surface area contributed by atoms with Gasteiger partial charge in [-0.15, -0.1) is 0 Å². The Labute approximate surface area is 135 Å². The lowest BCUT2D eigenvalue weighted by Crippen LogP contribution is -2.36. The van der Waals surface area contributed by atoms with Crippen LogP contribution in [0.25, 0.3) is 0 Å². The second-order valence-corrected chi connectivity index (χ2v) is 5.54. The third-order valence-corrected chi connectivity index (χ3v) is 4.17. The van der Waals surface area contributed by atoms with E-state index in [2.05, 4.69) is 0 Å². The van der Waals surface area contributed by atoms with Crippen LogP contribution in [0, 0.1) is 0 Å². The number of benzene rings is 2. The average molecular weight is 312 g/mol. The van der Waals surface area contributed by atoms with Crippen LogP contribution in [0.1, 0.15) is 21.5 Å². The Kier molecular flexibility index (Phi) is 4.10. The maximum atomic E-state index is 13.0. The van der Waals surface area contributed by atoms with Gasteiger partial charge in [0.2, 0.25) is 0 Å². The van der Waals surface area contributed by atoms with Crippen LogP contribution in [0.15, 0.2) is 36.4 Å². The zero-order chi connectivity index (χ0) is 16.4. The Morgan fingerprint density at radius 1 is 1.09 bits per heavy atom. The first kappa shape index (κ1) is 15.2. The lowest BCUT2D eigenvalue weighted by atomic mass is 9.98. The second kappa shape index (κ2) is 6.20. The first-order chi connectivity index (χ1) is 11.1. The Bertz CT molecular complexity index is 721. The van der Waals surface area contributed by atoms with Gasteiger partial charge in [0.25, 0.3) is 5.91 Å². The highest BCUT2D eigenvalue weighted by molar-refractivity contribution is 5.99. The highest BCUT2D eigenvalue weighted by atomic mass is 16.5. The predicted octanol–water partition coefficient (Wildman–Crippen LogP) is 2.48. The van der Waals surface area contributed by atoms with E-state index in [1.54, 1.807) is 32.4 Å². The minimum absolute atomic E-state index is 0.0904. The number of nitrogens with zero attached hydrogens (tertiary/aromatic N) is 1. The quantitative estimate of drug-likeness (QED) is 0.884. The highest BCUT2D eigenvalue weighted by Gasteiger charge is 2.26. The van der Waals surface area contributed by atoms with Gasteiger partial charge in [0, 0.05) is 18.8 Å². The van der Waals surface area contributed by atoms with Crippen molar-refractivity contribution in [1.82, 2.24) is 4.90 Å². The predicted molar refractivity (Wildman–Crippen MR) is 88.8 cm³/mol. The van der Waals surface area contributed by atoms with E-state index in [9.17, 15) is 4.79 Å². The van der Waals surface area contributed by atoms with Gasteiger partial charge in [0.05, 0.1) is 14.2 Å². The summed E-state index contributed by atoms with van der Waals surface area (Å²) < 4.78 is 10.7. The van der Waals surface area contributed by atoms with E-state index in [0.717, 1.165) is 12.0 Å². The molecule has 23 heavy (non-hydrogen) atoms. The topological polar surface area (TPSA) is 64.8 Å². The molecule has 1 aliphatic heterocycles. The number of methoxy groups -OCH3 is 2. The van der Waals surface area contributed by atoms with Gasteiger partial charge in [-0.2, -0.15) is 0 Å². The summed E-state index contributed by atoms with van der Waals surface area (Å²) in [6.45, 7) is 1.21. The molecule has 0 unspecified atom stereocenters. The maximum absolute atomic E-state index is 13.0. The average Bonchev–Trinajstić information content (AvgIpc) is 2.59. The molecule has 0 fully saturated rings. The number of hydrogen-bond acceptors (Lipinski definition) is 4. The molecule has 0 saturated carbocycles. The monoisotopic (exact) mass is 312 g/mol. The second-order valence-electron chi connectivity index (χ2n) is 5.54. The highest BCUT2D eigenvalue weighted by Crippen LogP contribution is 2.31. The zero-order valence-corrected chi connectivity index (χ0v) is 13.3. The fraction of sp³-hybridized carbons (Fsp3) is 0.278. The van der Waals surface area contributed by atoms with Crippen molar-refractivity contribution in [2.75, 3.05) is 26.5 Å². The van der Waals surface area contributed by atoms with Crippen molar-refractivity contribution in [3.63, 3.8) is 0 Å². The Hall–Kier alpha value is -2.69. The standard InChI is InChI=1S/C18H20N2O3/c1-22-15-4-3-5-16(23-2)17(15)18(21)20-9-8-12-6-7-14(19)10-13(12)11-20/h3-7,10H,8-9,11,19H2,1-2H3. The third-order valence-electron chi connectivity index (χ3n) is 4.17. The van der Waals surface area contributed by atoms with E-state index >= 15 is 0 Å². The van der Waals surface area contributed by atoms with Gasteiger partial charge in [-0.1, -0.05) is 12.1 Å². The molecule has 2 aromatic rings. The Balaban J connectivity index is 1.93. The van der Waals surface area contributed by atoms with Crippen molar-refractivity contribution < 1.29 is 14.3 Å². The van der Waals surface area contributed by atoms with Gasteiger partial charge in [-0.05, 0) is 41.8 Å². The fourth-order valence-electron chi connectivity index (χ4n) is 2.97. The molecule has 0 spiro atoms. The maximum Gasteiger partial charge on any atom is 0.261 e. The number of carbonyl (C=O) groups is 1. The number of fused-ring (bicyclic) bond motifs is 1. The SMILES string of the molecule is COc1cccc(OC)c1C(=O)N1CCc2ccc(N)cc2C1. The molecule has 5 nitrogen and oxygen atoms in total. The van der Waals surface area contributed by atoms with Gasteiger partial charge in [-0.25, -0.2) is 0 Å². The van der Waals surface area contributed by atoms with Crippen LogP contribution >= 0.6 is 0 Å². The molecule has 3 rings (SSSR count). The van der Waals surface area contributed by atoms with Gasteiger partial charge < -0.3 is 20.1 Å². The molecule has 0 aromatic heterocycles. The summed E-state index contributed by atoms with van der Waals surface area (Å²) in [4.78, 5) is 14.8. The van der Waals surface area contributed by atoms with Crippen LogP contribution in [0.5, 0.6) is 11.5 Å². The lowest BCUT2D eigenvalue weighted by molar-refractivity contribution is 0.0727. The van der Waals surface area contributed by atoms with Crippen molar-refractivity contribution in [2.24, 2.45) is 0 Å². The summed E-state index contributed by atoms with van der Waals surface area (Å²) in [7, 11) is 3.11. The van der Waals surface area contributed by atoms with Gasteiger partial charge in [-0.3, -0.25) is 4.79 Å². The van der Waals surface area contributed by atoms with E-state index in [4.69, 9.17) is 15.2 Å². The smallest absolute Gasteiger partial charge is 0.261 e. The zero-order valence-electron chi connectivity index (χ0n) is 13.3. The number of nitrogens with two attached hydrogens (primary N) is 1. The molecule has 120 valence electrons. The van der Waals surface area contributed by atoms with Crippen LogP contribution in [0.2, 0.25) is 0 Å². The van der Waals surface area contributed by atoms with Crippen LogP contribution in [-0.2, 0) is 13.0 Å². The van der Waals surface area contributed by atoms with Crippen LogP contribution < -0.4 is 15.2 Å². The van der Waals surface area contributed by atoms with Gasteiger partial charge >= 0.3 is 0 Å². The fourth-order valence-corrected chi connectivity index (χ4v) is 2.97. The van der Waals surface area contributed by atoms with E-state index < -0.39 is 0 Å². The third kappa shape index (κ3) is 2.82. The number of nitrogen functional groups attached to an aromatic ring is 1. The molecule has 0 atom stereocenters. The lowest BCUT2D eigenvalue weighted by Gasteiger charge is -2.30. The largest absolute Gasteiger partial charge is 0.496 e. The summed E-state index contributed by atoms with van der Waals surface area (Å²) in [5, 5.41) is 0. The first-order valence-electron chi connectivity index (χ1n) is 7.51. The molecule has 0 aliphatic carbocycles. The Morgan fingerprint density at radius 3 is 2.43 bits per heavy atom. The summed E-state index contributed by atoms with van der Waals surface area (Å²) in [6, 6.07) is 11.2. The van der Waals surface area contributed by atoms with E-state index in [1.165, 1.54) is 5.56 Å². The first-order valence-corrected chi connectivity index (χ1v) is 7.51. The van der Waals surface area contributed by atoms with Crippen LogP contribution in [0.3, 0.4) is 0 Å². The summed E-state index contributed by atoms with van der Waals surface area (Å²) in [5.41, 5.74) is 9.38. The molecule has 1 aliphatic rings. The van der Waals surface area contributed by atoms with Crippen molar-refractivity contribution in [3.8, 4) is 11.5 Å². The van der Waals surface area contributed by atoms with Crippen LogP contribution in [0.4, 0.5) is 5.69 Å². The molecular formula is C18H20N2O3. The number of hydrogen-bond donors (Lipinski definition) is 1. The summed E-state index contributed by atoms with van der Waals surface area (Å²) in [5.74, 6) is 0.952. The number of anilines is 1. The molecule has 2 aromatic carbocycles. The van der Waals surface area contributed by atoms with E-state index in [0.29, 0.717) is 35.8 Å². The van der Waals surface area contributed by atoms with Crippen molar-refractivity contribution in [2.45, 2.75) is 13.0 Å². The van der Waals surface area contributed by atoms with Crippen molar-refractivity contribution >= 4 is 11.6 Å². The number of rotatable bonds is 3. The normalized spacial score (nSPS) is 13.4. The van der Waals surface area contributed by atoms with E-state index in [-0.39, 0.29) is 5.91 Å². The minimum Gasteiger partial charge on any atom is -0.496 e. The number of carbonyl (C=O) groups excluding carboxylic acids is 1. The number of ether oxygens (including phenoxy) is 2. The molecule has 1 amide bonds. The van der Waals surface area contributed by atoms with Crippen molar-refractivity contribution in [1.29, 1.82) is 0 Å². The molecule has 5 heteroatoms.